The minimum Gasteiger partial charge on any atom is -0.357 e. The van der Waals surface area contributed by atoms with Crippen LogP contribution in [-0.2, 0) is 18.4 Å². The minimum absolute atomic E-state index is 0.0541. The molecule has 0 aliphatic rings. The van der Waals surface area contributed by atoms with Crippen molar-refractivity contribution in [3.63, 3.8) is 0 Å². The van der Waals surface area contributed by atoms with Gasteiger partial charge in [0.05, 0.1) is 12.2 Å². The second-order valence-electron chi connectivity index (χ2n) is 6.56. The van der Waals surface area contributed by atoms with Gasteiger partial charge in [0, 0.05) is 51.9 Å². The third-order valence-corrected chi connectivity index (χ3v) is 3.76. The summed E-state index contributed by atoms with van der Waals surface area (Å²) < 4.78 is 1.86. The lowest BCUT2D eigenvalue weighted by Crippen LogP contribution is -2.39. The van der Waals surface area contributed by atoms with E-state index in [9.17, 15) is 4.79 Å². The number of amides is 1. The smallest absolute Gasteiger partial charge is 0.221 e. The van der Waals surface area contributed by atoms with Gasteiger partial charge in [-0.05, 0) is 19.3 Å². The highest BCUT2D eigenvalue weighted by atomic mass is 16.1. The second-order valence-corrected chi connectivity index (χ2v) is 6.56. The van der Waals surface area contributed by atoms with Gasteiger partial charge >= 0.3 is 0 Å². The van der Waals surface area contributed by atoms with Crippen LogP contribution in [0.25, 0.3) is 0 Å². The molecule has 0 bridgehead atoms. The van der Waals surface area contributed by atoms with Crippen LogP contribution in [0.3, 0.4) is 0 Å². The number of hydrogen-bond acceptors (Lipinski definition) is 3. The van der Waals surface area contributed by atoms with Crippen LogP contribution in [0.5, 0.6) is 0 Å². The SMILES string of the molecule is CCCNC(=O)CCN=C(NCC)N(C)Cc1cn(C)nc1C(C)C. The van der Waals surface area contributed by atoms with E-state index in [4.69, 9.17) is 0 Å². The second kappa shape index (κ2) is 10.7. The Morgan fingerprint density at radius 1 is 1.36 bits per heavy atom. The van der Waals surface area contributed by atoms with Crippen LogP contribution >= 0.6 is 0 Å². The van der Waals surface area contributed by atoms with E-state index in [-0.39, 0.29) is 5.91 Å². The van der Waals surface area contributed by atoms with Gasteiger partial charge in [0.15, 0.2) is 5.96 Å². The summed E-state index contributed by atoms with van der Waals surface area (Å²) in [4.78, 5) is 18.4. The first-order valence-electron chi connectivity index (χ1n) is 9.17. The Hall–Kier alpha value is -2.05. The van der Waals surface area contributed by atoms with Gasteiger partial charge in [0.2, 0.25) is 5.91 Å². The molecule has 25 heavy (non-hydrogen) atoms. The highest BCUT2D eigenvalue weighted by Gasteiger charge is 2.15. The zero-order chi connectivity index (χ0) is 18.8. The number of aryl methyl sites for hydroxylation is 1. The molecule has 1 rings (SSSR count). The number of nitrogens with one attached hydrogen (secondary N) is 2. The standard InChI is InChI=1S/C18H34N6O/c1-7-10-20-16(25)9-11-21-18(19-8-2)23(5)12-15-13-24(6)22-17(15)14(3)4/h13-14H,7-12H2,1-6H3,(H,19,21)(H,20,25). The van der Waals surface area contributed by atoms with Crippen molar-refractivity contribution >= 4 is 11.9 Å². The van der Waals surface area contributed by atoms with Gasteiger partial charge in [-0.3, -0.25) is 14.5 Å². The summed E-state index contributed by atoms with van der Waals surface area (Å²) >= 11 is 0. The first kappa shape index (κ1) is 21.0. The Morgan fingerprint density at radius 2 is 2.08 bits per heavy atom. The molecule has 1 aromatic rings. The average molecular weight is 351 g/mol. The zero-order valence-corrected chi connectivity index (χ0v) is 16.6. The number of guanidine groups is 1. The molecule has 0 radical (unpaired) electrons. The lowest BCUT2D eigenvalue weighted by Gasteiger charge is -2.22. The van der Waals surface area contributed by atoms with Crippen molar-refractivity contribution in [3.05, 3.63) is 17.5 Å². The largest absolute Gasteiger partial charge is 0.357 e. The Morgan fingerprint density at radius 3 is 2.68 bits per heavy atom. The maximum atomic E-state index is 11.7. The van der Waals surface area contributed by atoms with E-state index >= 15 is 0 Å². The molecule has 1 amide bonds. The van der Waals surface area contributed by atoms with Gasteiger partial charge in [0.1, 0.15) is 0 Å². The number of hydrogen-bond donors (Lipinski definition) is 2. The Balaban J connectivity index is 2.71. The van der Waals surface area contributed by atoms with Crippen molar-refractivity contribution < 1.29 is 4.79 Å². The molecule has 1 aromatic heterocycles. The summed E-state index contributed by atoms with van der Waals surface area (Å²) in [5.74, 6) is 1.24. The number of carbonyl (C=O) groups excluding carboxylic acids is 1. The zero-order valence-electron chi connectivity index (χ0n) is 16.6. The molecule has 7 nitrogen and oxygen atoms in total. The van der Waals surface area contributed by atoms with Crippen molar-refractivity contribution in [3.8, 4) is 0 Å². The Labute approximate surface area is 151 Å². The fourth-order valence-corrected chi connectivity index (χ4v) is 2.58. The monoisotopic (exact) mass is 350 g/mol. The van der Waals surface area contributed by atoms with Crippen molar-refractivity contribution in [2.24, 2.45) is 12.0 Å². The van der Waals surface area contributed by atoms with Crippen LogP contribution in [0.15, 0.2) is 11.2 Å². The molecule has 0 aliphatic heterocycles. The highest BCUT2D eigenvalue weighted by molar-refractivity contribution is 5.80. The van der Waals surface area contributed by atoms with E-state index in [1.165, 1.54) is 5.56 Å². The summed E-state index contributed by atoms with van der Waals surface area (Å²) in [6, 6.07) is 0. The fraction of sp³-hybridized carbons (Fsp3) is 0.722. The van der Waals surface area contributed by atoms with Crippen LogP contribution in [0.1, 0.15) is 57.7 Å². The van der Waals surface area contributed by atoms with Gasteiger partial charge < -0.3 is 15.5 Å². The molecule has 0 unspecified atom stereocenters. The van der Waals surface area contributed by atoms with Gasteiger partial charge in [-0.2, -0.15) is 5.10 Å². The molecule has 1 heterocycles. The maximum absolute atomic E-state index is 11.7. The van der Waals surface area contributed by atoms with Gasteiger partial charge in [-0.15, -0.1) is 0 Å². The maximum Gasteiger partial charge on any atom is 0.221 e. The van der Waals surface area contributed by atoms with E-state index in [0.717, 1.165) is 37.7 Å². The van der Waals surface area contributed by atoms with Crippen LogP contribution in [0.2, 0.25) is 0 Å². The minimum atomic E-state index is 0.0541. The third-order valence-electron chi connectivity index (χ3n) is 3.76. The third kappa shape index (κ3) is 7.15. The van der Waals surface area contributed by atoms with E-state index < -0.39 is 0 Å². The van der Waals surface area contributed by atoms with Crippen LogP contribution in [0, 0.1) is 0 Å². The number of aromatic nitrogens is 2. The molecule has 0 fully saturated rings. The van der Waals surface area contributed by atoms with Crippen LogP contribution < -0.4 is 10.6 Å². The van der Waals surface area contributed by atoms with Crippen molar-refractivity contribution in [2.75, 3.05) is 26.7 Å². The van der Waals surface area contributed by atoms with E-state index in [0.29, 0.717) is 18.9 Å². The molecule has 0 aromatic carbocycles. The highest BCUT2D eigenvalue weighted by Crippen LogP contribution is 2.18. The molecule has 0 atom stereocenters. The summed E-state index contributed by atoms with van der Waals surface area (Å²) in [5, 5.41) is 10.7. The Bertz CT molecular complexity index is 564. The molecule has 142 valence electrons. The fourth-order valence-electron chi connectivity index (χ4n) is 2.58. The quantitative estimate of drug-likeness (QED) is 0.527. The molecule has 0 saturated heterocycles. The molecule has 2 N–H and O–H groups in total. The molecular weight excluding hydrogens is 316 g/mol. The van der Waals surface area contributed by atoms with Crippen molar-refractivity contribution in [2.45, 2.75) is 53.0 Å². The van der Waals surface area contributed by atoms with Gasteiger partial charge in [-0.1, -0.05) is 20.8 Å². The van der Waals surface area contributed by atoms with Gasteiger partial charge in [0.25, 0.3) is 0 Å². The topological polar surface area (TPSA) is 74.6 Å². The first-order valence-corrected chi connectivity index (χ1v) is 9.17. The molecular formula is C18H34N6O. The lowest BCUT2D eigenvalue weighted by atomic mass is 10.1. The van der Waals surface area contributed by atoms with E-state index in [1.807, 2.05) is 32.6 Å². The molecule has 7 heteroatoms. The van der Waals surface area contributed by atoms with E-state index in [2.05, 4.69) is 45.7 Å². The Kier molecular flexibility index (Phi) is 9.02. The van der Waals surface area contributed by atoms with Crippen LogP contribution in [0.4, 0.5) is 0 Å². The summed E-state index contributed by atoms with van der Waals surface area (Å²) in [7, 11) is 3.96. The summed E-state index contributed by atoms with van der Waals surface area (Å²) in [5.41, 5.74) is 2.32. The predicted octanol–water partition coefficient (Wildman–Crippen LogP) is 1.86. The number of rotatable bonds is 9. The van der Waals surface area contributed by atoms with Crippen molar-refractivity contribution in [1.82, 2.24) is 25.3 Å². The number of carbonyl (C=O) groups is 1. The summed E-state index contributed by atoms with van der Waals surface area (Å²) in [6.07, 6.45) is 3.42. The predicted molar refractivity (Wildman–Crippen MR) is 103 cm³/mol. The molecule has 0 aliphatic carbocycles. The normalized spacial score (nSPS) is 11.7. The van der Waals surface area contributed by atoms with Gasteiger partial charge in [-0.25, -0.2) is 0 Å². The average Bonchev–Trinajstić information content (AvgIpc) is 2.92. The molecule has 0 saturated carbocycles. The van der Waals surface area contributed by atoms with Crippen molar-refractivity contribution in [1.29, 1.82) is 0 Å². The summed E-state index contributed by atoms with van der Waals surface area (Å²) in [6.45, 7) is 11.1. The van der Waals surface area contributed by atoms with E-state index in [1.54, 1.807) is 0 Å². The lowest BCUT2D eigenvalue weighted by molar-refractivity contribution is -0.120. The number of aliphatic imine (C=N–C) groups is 1. The molecule has 0 spiro atoms. The van der Waals surface area contributed by atoms with Crippen LogP contribution in [-0.4, -0.2) is 53.2 Å². The first-order chi connectivity index (χ1) is 11.9. The number of nitrogens with zero attached hydrogens (tertiary/aromatic N) is 4.